The number of hydrogen-bond acceptors (Lipinski definition) is 6. The Hall–Kier alpha value is -4.45. The van der Waals surface area contributed by atoms with E-state index in [0.717, 1.165) is 50.4 Å². The summed E-state index contributed by atoms with van der Waals surface area (Å²) in [5.74, 6) is 2.13. The fourth-order valence-corrected chi connectivity index (χ4v) is 5.08. The molecule has 0 amide bonds. The van der Waals surface area contributed by atoms with E-state index in [4.69, 9.17) is 18.9 Å². The van der Waals surface area contributed by atoms with E-state index in [1.165, 1.54) is 7.11 Å². The predicted octanol–water partition coefficient (Wildman–Crippen LogP) is 6.87. The van der Waals surface area contributed by atoms with E-state index in [0.29, 0.717) is 25.6 Å². The Morgan fingerprint density at radius 3 is 2.44 bits per heavy atom. The number of carbonyl (C=O) groups excluding carboxylic acids is 1. The Balaban J connectivity index is 1.39. The average molecular weight is 525 g/mol. The van der Waals surface area contributed by atoms with Crippen LogP contribution in [0, 0.1) is 13.8 Å². The van der Waals surface area contributed by atoms with Crippen molar-refractivity contribution in [1.82, 2.24) is 0 Å². The van der Waals surface area contributed by atoms with E-state index in [9.17, 15) is 9.90 Å². The number of phenolic OH excluding ortho intramolecular Hbond substituents is 1. The summed E-state index contributed by atoms with van der Waals surface area (Å²) in [7, 11) is 1.40. The number of phenols is 1. The highest BCUT2D eigenvalue weighted by atomic mass is 16.5. The van der Waals surface area contributed by atoms with Crippen molar-refractivity contribution in [3.63, 3.8) is 0 Å². The molecule has 1 N–H and O–H groups in total. The van der Waals surface area contributed by atoms with Crippen LogP contribution < -0.4 is 14.2 Å². The molecule has 4 aromatic carbocycles. The number of hydrogen-bond donors (Lipinski definition) is 1. The van der Waals surface area contributed by atoms with Gasteiger partial charge in [0.25, 0.3) is 0 Å². The van der Waals surface area contributed by atoms with Crippen molar-refractivity contribution in [1.29, 1.82) is 0 Å². The van der Waals surface area contributed by atoms with E-state index in [-0.39, 0.29) is 24.1 Å². The molecule has 0 saturated heterocycles. The van der Waals surface area contributed by atoms with Crippen LogP contribution in [0.5, 0.6) is 23.0 Å². The maximum Gasteiger partial charge on any atom is 0.306 e. The van der Waals surface area contributed by atoms with Gasteiger partial charge in [-0.15, -0.1) is 0 Å². The van der Waals surface area contributed by atoms with Gasteiger partial charge in [-0.25, -0.2) is 0 Å². The summed E-state index contributed by atoms with van der Waals surface area (Å²) in [5, 5.41) is 10.0. The Bertz CT molecular complexity index is 1450. The molecular formula is C33H32O6. The van der Waals surface area contributed by atoms with Gasteiger partial charge in [0.2, 0.25) is 0 Å². The molecular weight excluding hydrogens is 492 g/mol. The lowest BCUT2D eigenvalue weighted by Gasteiger charge is -2.17. The van der Waals surface area contributed by atoms with Crippen LogP contribution in [0.3, 0.4) is 0 Å². The molecule has 0 saturated carbocycles. The lowest BCUT2D eigenvalue weighted by atomic mass is 9.94. The molecule has 6 nitrogen and oxygen atoms in total. The summed E-state index contributed by atoms with van der Waals surface area (Å²) < 4.78 is 23.1. The third-order valence-corrected chi connectivity index (χ3v) is 7.00. The zero-order valence-electron chi connectivity index (χ0n) is 22.4. The molecule has 0 bridgehead atoms. The fourth-order valence-electron chi connectivity index (χ4n) is 5.08. The predicted molar refractivity (Wildman–Crippen MR) is 149 cm³/mol. The number of ether oxygens (including phenoxy) is 4. The first-order chi connectivity index (χ1) is 18.9. The summed E-state index contributed by atoms with van der Waals surface area (Å²) in [6.07, 6.45) is 0.286. The third-order valence-electron chi connectivity index (χ3n) is 7.00. The molecule has 200 valence electrons. The average Bonchev–Trinajstić information content (AvgIpc) is 3.32. The monoisotopic (exact) mass is 524 g/mol. The second-order valence-electron chi connectivity index (χ2n) is 9.83. The molecule has 0 spiro atoms. The number of benzene rings is 4. The van der Waals surface area contributed by atoms with E-state index in [1.807, 2.05) is 74.5 Å². The standard InChI is InChI=1S/C33H32O6/c1-21-13-27(34)14-22(2)33(21)24-9-12-30(38-18-23-7-5-4-6-8-23)26(15-24)20-37-28-10-11-29-25(16-32(35)36-3)19-39-31(29)17-28/h4-15,17,25,34H,16,18-20H2,1-3H3/t25-/m1/s1. The Morgan fingerprint density at radius 1 is 0.923 bits per heavy atom. The molecule has 0 unspecified atom stereocenters. The van der Waals surface area contributed by atoms with Crippen LogP contribution in [0.2, 0.25) is 0 Å². The number of rotatable bonds is 9. The zero-order chi connectivity index (χ0) is 27.4. The van der Waals surface area contributed by atoms with Crippen LogP contribution in [-0.2, 0) is 22.7 Å². The number of aromatic hydroxyl groups is 1. The quantitative estimate of drug-likeness (QED) is 0.241. The molecule has 0 aromatic heterocycles. The number of aryl methyl sites for hydroxylation is 2. The van der Waals surface area contributed by atoms with Crippen molar-refractivity contribution < 1.29 is 28.8 Å². The molecule has 1 aliphatic rings. The fraction of sp³-hybridized carbons (Fsp3) is 0.242. The van der Waals surface area contributed by atoms with Gasteiger partial charge >= 0.3 is 5.97 Å². The molecule has 39 heavy (non-hydrogen) atoms. The number of esters is 1. The molecule has 0 aliphatic carbocycles. The van der Waals surface area contributed by atoms with Crippen LogP contribution in [0.1, 0.15) is 40.2 Å². The maximum atomic E-state index is 11.7. The zero-order valence-corrected chi connectivity index (χ0v) is 22.4. The molecule has 0 fully saturated rings. The van der Waals surface area contributed by atoms with Crippen molar-refractivity contribution in [3.05, 3.63) is 107 Å². The largest absolute Gasteiger partial charge is 0.508 e. The second-order valence-corrected chi connectivity index (χ2v) is 9.83. The SMILES string of the molecule is COC(=O)C[C@@H]1COc2cc(OCc3cc(-c4c(C)cc(O)cc4C)ccc3OCc3ccccc3)ccc21. The van der Waals surface area contributed by atoms with Crippen molar-refractivity contribution in [2.24, 2.45) is 0 Å². The first kappa shape index (κ1) is 26.2. The summed E-state index contributed by atoms with van der Waals surface area (Å²) >= 11 is 0. The third kappa shape index (κ3) is 6.01. The van der Waals surface area contributed by atoms with E-state index in [1.54, 1.807) is 12.1 Å². The minimum Gasteiger partial charge on any atom is -0.508 e. The van der Waals surface area contributed by atoms with E-state index in [2.05, 4.69) is 6.07 Å². The van der Waals surface area contributed by atoms with Gasteiger partial charge in [0.05, 0.1) is 20.1 Å². The molecule has 5 rings (SSSR count). The lowest BCUT2D eigenvalue weighted by Crippen LogP contribution is -2.09. The molecule has 4 aromatic rings. The summed E-state index contributed by atoms with van der Waals surface area (Å²) in [6, 6.07) is 25.4. The van der Waals surface area contributed by atoms with Gasteiger partial charge in [-0.1, -0.05) is 42.5 Å². The number of methoxy groups -OCH3 is 1. The Labute approximate surface area is 228 Å². The van der Waals surface area contributed by atoms with Gasteiger partial charge < -0.3 is 24.1 Å². The first-order valence-electron chi connectivity index (χ1n) is 13.0. The van der Waals surface area contributed by atoms with Gasteiger partial charge in [0.1, 0.15) is 36.2 Å². The molecule has 6 heteroatoms. The Morgan fingerprint density at radius 2 is 1.69 bits per heavy atom. The van der Waals surface area contributed by atoms with Crippen molar-refractivity contribution in [2.75, 3.05) is 13.7 Å². The van der Waals surface area contributed by atoms with Crippen LogP contribution in [-0.4, -0.2) is 24.8 Å². The smallest absolute Gasteiger partial charge is 0.306 e. The van der Waals surface area contributed by atoms with Crippen LogP contribution in [0.4, 0.5) is 0 Å². The molecule has 0 radical (unpaired) electrons. The van der Waals surface area contributed by atoms with Crippen molar-refractivity contribution in [2.45, 2.75) is 39.4 Å². The van der Waals surface area contributed by atoms with Gasteiger partial charge in [0.15, 0.2) is 0 Å². The van der Waals surface area contributed by atoms with Crippen LogP contribution in [0.15, 0.2) is 78.9 Å². The number of carbonyl (C=O) groups is 1. The highest BCUT2D eigenvalue weighted by Gasteiger charge is 2.27. The molecule has 1 aliphatic heterocycles. The first-order valence-corrected chi connectivity index (χ1v) is 13.0. The summed E-state index contributed by atoms with van der Waals surface area (Å²) in [4.78, 5) is 11.7. The molecule has 1 heterocycles. The normalized spacial score (nSPS) is 13.9. The van der Waals surface area contributed by atoms with Gasteiger partial charge in [-0.2, -0.15) is 0 Å². The topological polar surface area (TPSA) is 74.2 Å². The maximum absolute atomic E-state index is 11.7. The second kappa shape index (κ2) is 11.5. The van der Waals surface area contributed by atoms with Gasteiger partial charge in [0, 0.05) is 23.1 Å². The lowest BCUT2D eigenvalue weighted by molar-refractivity contribution is -0.141. The van der Waals surface area contributed by atoms with Crippen LogP contribution in [0.25, 0.3) is 11.1 Å². The summed E-state index contributed by atoms with van der Waals surface area (Å²) in [5.41, 5.74) is 7.06. The van der Waals surface area contributed by atoms with Crippen LogP contribution >= 0.6 is 0 Å². The molecule has 1 atom stereocenters. The van der Waals surface area contributed by atoms with E-state index >= 15 is 0 Å². The minimum atomic E-state index is -0.251. The van der Waals surface area contributed by atoms with Crippen molar-refractivity contribution in [3.8, 4) is 34.1 Å². The number of fused-ring (bicyclic) bond motifs is 1. The Kier molecular flexibility index (Phi) is 7.73. The minimum absolute atomic E-state index is 0.0204. The van der Waals surface area contributed by atoms with Gasteiger partial charge in [-0.05, 0) is 72.0 Å². The highest BCUT2D eigenvalue weighted by molar-refractivity contribution is 5.73. The summed E-state index contributed by atoms with van der Waals surface area (Å²) in [6.45, 7) is 5.17. The van der Waals surface area contributed by atoms with Gasteiger partial charge in [-0.3, -0.25) is 4.79 Å². The van der Waals surface area contributed by atoms with Crippen molar-refractivity contribution >= 4 is 5.97 Å². The van der Waals surface area contributed by atoms with E-state index < -0.39 is 0 Å². The highest BCUT2D eigenvalue weighted by Crippen LogP contribution is 2.39.